The van der Waals surface area contributed by atoms with Crippen LogP contribution in [0, 0.1) is 6.92 Å². The van der Waals surface area contributed by atoms with E-state index in [1.54, 1.807) is 24.4 Å². The van der Waals surface area contributed by atoms with Crippen LogP contribution in [0.2, 0.25) is 0 Å². The van der Waals surface area contributed by atoms with Crippen molar-refractivity contribution in [2.75, 3.05) is 4.72 Å². The van der Waals surface area contributed by atoms with E-state index >= 15 is 0 Å². The second-order valence-electron chi connectivity index (χ2n) is 6.15. The van der Waals surface area contributed by atoms with Crippen LogP contribution in [-0.4, -0.2) is 14.7 Å². The Labute approximate surface area is 135 Å². The minimum atomic E-state index is -3.71. The van der Waals surface area contributed by atoms with Crippen LogP contribution < -0.4 is 4.72 Å². The Bertz CT molecular complexity index is 799. The molecule has 0 saturated heterocycles. The first-order valence-electron chi connectivity index (χ1n) is 6.82. The maximum atomic E-state index is 12.5. The zero-order valence-electron chi connectivity index (χ0n) is 13.0. The van der Waals surface area contributed by atoms with Crippen LogP contribution in [0.1, 0.15) is 41.6 Å². The number of hydrogen-bond donors (Lipinski definition) is 1. The lowest BCUT2D eigenvalue weighted by Crippen LogP contribution is -2.16. The van der Waals surface area contributed by atoms with Crippen LogP contribution in [0.15, 0.2) is 34.5 Å². The number of benzene rings is 1. The number of sulfonamides is 1. The molecule has 0 spiro atoms. The molecule has 0 aliphatic heterocycles. The van der Waals surface area contributed by atoms with Crippen LogP contribution in [0.4, 0.5) is 5.69 Å². The Kier molecular flexibility index (Phi) is 4.44. The van der Waals surface area contributed by atoms with Crippen molar-refractivity contribution in [2.45, 2.75) is 38.0 Å². The van der Waals surface area contributed by atoms with E-state index in [1.807, 2.05) is 12.1 Å². The molecule has 1 heterocycles. The fourth-order valence-corrected chi connectivity index (χ4v) is 4.14. The van der Waals surface area contributed by atoms with Crippen LogP contribution in [0.25, 0.3) is 0 Å². The molecule has 1 aromatic heterocycles. The first-order chi connectivity index (χ1) is 10.1. The molecule has 1 aromatic carbocycles. The van der Waals surface area contributed by atoms with Crippen molar-refractivity contribution in [3.8, 4) is 0 Å². The van der Waals surface area contributed by atoms with Gasteiger partial charge in [-0.1, -0.05) is 32.9 Å². The summed E-state index contributed by atoms with van der Waals surface area (Å²) < 4.78 is 27.5. The van der Waals surface area contributed by atoms with Crippen molar-refractivity contribution in [2.24, 2.45) is 0 Å². The molecular weight excluding hydrogens is 318 g/mol. The quantitative estimate of drug-likeness (QED) is 0.859. The molecule has 0 aliphatic carbocycles. The normalized spacial score (nSPS) is 12.2. The molecule has 2 rings (SSSR count). The number of aryl methyl sites for hydroxylation is 1. The third-order valence-electron chi connectivity index (χ3n) is 3.38. The number of anilines is 1. The van der Waals surface area contributed by atoms with Gasteiger partial charge in [-0.2, -0.15) is 0 Å². The Morgan fingerprint density at radius 2 is 1.86 bits per heavy atom. The van der Waals surface area contributed by atoms with Gasteiger partial charge in [0.05, 0.1) is 15.5 Å². The van der Waals surface area contributed by atoms with Gasteiger partial charge >= 0.3 is 0 Å². The lowest BCUT2D eigenvalue weighted by Gasteiger charge is -2.20. The molecule has 2 aromatic rings. The molecule has 4 nitrogen and oxygen atoms in total. The average Bonchev–Trinajstić information content (AvgIpc) is 2.83. The first-order valence-corrected chi connectivity index (χ1v) is 9.18. The van der Waals surface area contributed by atoms with Gasteiger partial charge in [0.25, 0.3) is 10.0 Å². The third-order valence-corrected chi connectivity index (χ3v) is 5.74. The average molecular weight is 337 g/mol. The minimum absolute atomic E-state index is 0.0431. The molecule has 0 unspecified atom stereocenters. The number of rotatable bonds is 4. The number of carbonyl (C=O) groups excluding carboxylic acids is 1. The van der Waals surface area contributed by atoms with E-state index in [1.165, 1.54) is 11.3 Å². The van der Waals surface area contributed by atoms with Crippen molar-refractivity contribution in [3.05, 3.63) is 45.6 Å². The van der Waals surface area contributed by atoms with Crippen molar-refractivity contribution < 1.29 is 13.2 Å². The third kappa shape index (κ3) is 3.39. The highest BCUT2D eigenvalue weighted by molar-refractivity contribution is 7.92. The first kappa shape index (κ1) is 16.7. The van der Waals surface area contributed by atoms with Crippen molar-refractivity contribution in [1.82, 2.24) is 0 Å². The summed E-state index contributed by atoms with van der Waals surface area (Å²) in [7, 11) is -3.71. The fraction of sp³-hybridized carbons (Fsp3) is 0.312. The van der Waals surface area contributed by atoms with Crippen LogP contribution in [0.3, 0.4) is 0 Å². The van der Waals surface area contributed by atoms with E-state index < -0.39 is 10.0 Å². The molecule has 0 aliphatic rings. The van der Waals surface area contributed by atoms with E-state index in [2.05, 4.69) is 25.5 Å². The van der Waals surface area contributed by atoms with Crippen LogP contribution in [0.5, 0.6) is 0 Å². The maximum Gasteiger partial charge on any atom is 0.262 e. The zero-order valence-corrected chi connectivity index (χ0v) is 14.6. The molecule has 0 saturated carbocycles. The smallest absolute Gasteiger partial charge is 0.262 e. The van der Waals surface area contributed by atoms with Crippen LogP contribution >= 0.6 is 11.3 Å². The minimum Gasteiger partial charge on any atom is -0.297 e. The van der Waals surface area contributed by atoms with E-state index in [9.17, 15) is 13.2 Å². The highest BCUT2D eigenvalue weighted by Crippen LogP contribution is 2.28. The number of carbonyl (C=O) groups is 1. The van der Waals surface area contributed by atoms with Gasteiger partial charge in [0.2, 0.25) is 0 Å². The molecule has 0 atom stereocenters. The lowest BCUT2D eigenvalue weighted by atomic mass is 9.86. The molecule has 0 bridgehead atoms. The predicted molar refractivity (Wildman–Crippen MR) is 90.4 cm³/mol. The largest absolute Gasteiger partial charge is 0.297 e. The zero-order chi connectivity index (χ0) is 16.5. The van der Waals surface area contributed by atoms with Crippen molar-refractivity contribution >= 4 is 33.3 Å². The second kappa shape index (κ2) is 5.85. The summed E-state index contributed by atoms with van der Waals surface area (Å²) in [6, 6.07) is 6.93. The van der Waals surface area contributed by atoms with Gasteiger partial charge in [-0.05, 0) is 41.0 Å². The van der Waals surface area contributed by atoms with Gasteiger partial charge in [0, 0.05) is 0 Å². The van der Waals surface area contributed by atoms with E-state index in [-0.39, 0.29) is 10.3 Å². The number of nitrogens with one attached hydrogen (secondary N) is 1. The Hall–Kier alpha value is -1.66. The highest BCUT2D eigenvalue weighted by Gasteiger charge is 2.21. The molecule has 1 N–H and O–H groups in total. The topological polar surface area (TPSA) is 63.2 Å². The van der Waals surface area contributed by atoms with Gasteiger partial charge in [0.1, 0.15) is 0 Å². The number of hydrogen-bond acceptors (Lipinski definition) is 4. The molecular formula is C16H19NO3S2. The van der Waals surface area contributed by atoms with Crippen LogP contribution in [-0.2, 0) is 15.4 Å². The van der Waals surface area contributed by atoms with Crippen molar-refractivity contribution in [3.63, 3.8) is 0 Å². The van der Waals surface area contributed by atoms with Gasteiger partial charge in [-0.3, -0.25) is 9.52 Å². The molecule has 0 fully saturated rings. The molecule has 6 heteroatoms. The van der Waals surface area contributed by atoms with E-state index in [0.29, 0.717) is 22.4 Å². The Balaban J connectivity index is 2.40. The van der Waals surface area contributed by atoms with Gasteiger partial charge in [-0.25, -0.2) is 8.42 Å². The van der Waals surface area contributed by atoms with Gasteiger partial charge in [-0.15, -0.1) is 11.3 Å². The molecule has 0 amide bonds. The van der Waals surface area contributed by atoms with E-state index in [4.69, 9.17) is 0 Å². The summed E-state index contributed by atoms with van der Waals surface area (Å²) in [6.07, 6.45) is 0.651. The Morgan fingerprint density at radius 1 is 1.18 bits per heavy atom. The van der Waals surface area contributed by atoms with Gasteiger partial charge in [0.15, 0.2) is 6.29 Å². The maximum absolute atomic E-state index is 12.5. The summed E-state index contributed by atoms with van der Waals surface area (Å²) in [4.78, 5) is 11.5. The fourth-order valence-electron chi connectivity index (χ4n) is 2.11. The van der Waals surface area contributed by atoms with Gasteiger partial charge < -0.3 is 0 Å². The second-order valence-corrected chi connectivity index (χ2v) is 8.75. The number of aldehydes is 1. The van der Waals surface area contributed by atoms with E-state index in [0.717, 1.165) is 5.56 Å². The predicted octanol–water partition coefficient (Wildman–Crippen LogP) is 3.97. The Morgan fingerprint density at radius 3 is 2.41 bits per heavy atom. The highest BCUT2D eigenvalue weighted by atomic mass is 32.2. The molecule has 22 heavy (non-hydrogen) atoms. The standard InChI is InChI=1S/C16H19NO3S2/c1-11-9-12(16(2,3)4)5-6-15(11)22(19,20)17-13-7-8-21-14(13)10-18/h5-10,17H,1-4H3. The number of thiophene rings is 1. The summed E-state index contributed by atoms with van der Waals surface area (Å²) >= 11 is 1.20. The molecule has 0 radical (unpaired) electrons. The summed E-state index contributed by atoms with van der Waals surface area (Å²) in [5.74, 6) is 0. The summed E-state index contributed by atoms with van der Waals surface area (Å²) in [6.45, 7) is 8.01. The SMILES string of the molecule is Cc1cc(C(C)(C)C)ccc1S(=O)(=O)Nc1ccsc1C=O. The van der Waals surface area contributed by atoms with Crippen molar-refractivity contribution in [1.29, 1.82) is 0 Å². The summed E-state index contributed by atoms with van der Waals surface area (Å²) in [5, 5.41) is 1.68. The monoisotopic (exact) mass is 337 g/mol. The summed E-state index contributed by atoms with van der Waals surface area (Å²) in [5.41, 5.74) is 2.04. The lowest BCUT2D eigenvalue weighted by molar-refractivity contribution is 0.112. The molecule has 118 valence electrons.